The molecular weight excluding hydrogens is 1270 g/mol. The molecule has 5 unspecified atom stereocenters. The van der Waals surface area contributed by atoms with E-state index in [0.29, 0.717) is 19.3 Å². The van der Waals surface area contributed by atoms with E-state index >= 15 is 0 Å². The number of aliphatic hydroxyl groups is 2. The normalized spacial score (nSPS) is 14.8. The number of allylic oxidation sites excluding steroid dienone is 22. The largest absolute Gasteiger partial charge is 0.472 e. The van der Waals surface area contributed by atoms with Crippen molar-refractivity contribution < 1.29 is 75.8 Å². The number of phosphoric ester groups is 2. The zero-order chi connectivity index (χ0) is 70.9. The zero-order valence-corrected chi connectivity index (χ0v) is 62.2. The van der Waals surface area contributed by atoms with Crippen LogP contribution in [0.2, 0.25) is 0 Å². The van der Waals surface area contributed by atoms with Crippen molar-refractivity contribution in [2.45, 2.75) is 309 Å². The second kappa shape index (κ2) is 71.5. The second-order valence-corrected chi connectivity index (χ2v) is 27.6. The summed E-state index contributed by atoms with van der Waals surface area (Å²) in [5.41, 5.74) is 0. The molecule has 5 atom stereocenters. The Morgan fingerprint density at radius 2 is 0.557 bits per heavy atom. The standard InChI is InChI=1S/C79H134O16P2/c1-4-7-10-13-16-19-22-24-26-28-30-32-34-35-36-37-39-41-42-44-46-48-51-53-56-59-62-65-77(82)89-68-74(80)69-91-96(85,86)92-70-75(81)71-93-97(87,88)94-73-76(95-79(84)67-64-61-58-55-50-21-18-15-12-9-6-3)72-90-78(83)66-63-60-57-54-52-49-47-45-43-40-38-33-31-29-27-25-23-20-17-14-11-8-5-2/h8,11,15-20,24-27,30-33,35-36,40,43,47,49,74-76,80-81H,4-7,9-10,12-14,21-23,28-29,34,37-39,41-42,44-46,48,50-73H2,1-3H3,(H,85,86)(H,87,88)/b11-8-,18-15-,19-16-,20-17-,26-24-,27-25-,32-30-,33-31-,36-35-,43-40-,49-47-. The summed E-state index contributed by atoms with van der Waals surface area (Å²) in [5, 5.41) is 20.6. The molecule has 0 aromatic rings. The molecule has 0 radical (unpaired) electrons. The van der Waals surface area contributed by atoms with Crippen LogP contribution in [0, 0.1) is 0 Å². The molecule has 4 N–H and O–H groups in total. The molecule has 16 nitrogen and oxygen atoms in total. The van der Waals surface area contributed by atoms with Gasteiger partial charge in [-0.05, 0) is 135 Å². The van der Waals surface area contributed by atoms with Gasteiger partial charge in [0.1, 0.15) is 25.4 Å². The van der Waals surface area contributed by atoms with Crippen molar-refractivity contribution in [3.8, 4) is 0 Å². The smallest absolute Gasteiger partial charge is 0.463 e. The minimum atomic E-state index is -4.94. The quantitative estimate of drug-likeness (QED) is 0.0146. The van der Waals surface area contributed by atoms with Gasteiger partial charge in [0.15, 0.2) is 6.10 Å². The number of unbranched alkanes of at least 4 members (excludes halogenated alkanes) is 25. The lowest BCUT2D eigenvalue weighted by Gasteiger charge is -2.21. The summed E-state index contributed by atoms with van der Waals surface area (Å²) in [6, 6.07) is 0. The Labute approximate surface area is 588 Å². The van der Waals surface area contributed by atoms with E-state index in [9.17, 15) is 43.5 Å². The number of carbonyl (C=O) groups excluding carboxylic acids is 3. The summed E-state index contributed by atoms with van der Waals surface area (Å²) in [5.74, 6) is -1.62. The fraction of sp³-hybridized carbons (Fsp3) is 0.684. The van der Waals surface area contributed by atoms with Gasteiger partial charge >= 0.3 is 33.6 Å². The summed E-state index contributed by atoms with van der Waals surface area (Å²) in [6.45, 7) is 2.44. The van der Waals surface area contributed by atoms with Crippen molar-refractivity contribution in [2.75, 3.05) is 39.6 Å². The lowest BCUT2D eigenvalue weighted by Crippen LogP contribution is -2.30. The minimum absolute atomic E-state index is 0.0845. The van der Waals surface area contributed by atoms with Crippen molar-refractivity contribution in [1.82, 2.24) is 0 Å². The number of ether oxygens (including phenoxy) is 3. The van der Waals surface area contributed by atoms with Crippen LogP contribution in [0.3, 0.4) is 0 Å². The Kier molecular flexibility index (Phi) is 68.3. The summed E-state index contributed by atoms with van der Waals surface area (Å²) >= 11 is 0. The average Bonchev–Trinajstić information content (AvgIpc) is 1.47. The third kappa shape index (κ3) is 72.8. The molecule has 0 rings (SSSR count). The molecule has 97 heavy (non-hydrogen) atoms. The van der Waals surface area contributed by atoms with E-state index in [0.717, 1.165) is 148 Å². The van der Waals surface area contributed by atoms with Gasteiger partial charge in [-0.15, -0.1) is 0 Å². The van der Waals surface area contributed by atoms with Crippen LogP contribution in [-0.4, -0.2) is 95.9 Å². The molecule has 0 aliphatic rings. The Hall–Kier alpha value is -4.31. The number of hydrogen-bond donors (Lipinski definition) is 4. The predicted molar refractivity (Wildman–Crippen MR) is 399 cm³/mol. The number of aliphatic hydroxyl groups excluding tert-OH is 2. The van der Waals surface area contributed by atoms with Gasteiger partial charge in [0.05, 0.1) is 26.4 Å². The molecule has 0 saturated carbocycles. The van der Waals surface area contributed by atoms with Gasteiger partial charge in [-0.25, -0.2) is 9.13 Å². The van der Waals surface area contributed by atoms with E-state index in [2.05, 4.69) is 154 Å². The first kappa shape index (κ1) is 92.7. The summed E-state index contributed by atoms with van der Waals surface area (Å²) in [4.78, 5) is 58.4. The molecular formula is C79H134O16P2. The molecule has 18 heteroatoms. The molecule has 0 fully saturated rings. The number of carbonyl (C=O) groups is 3. The Morgan fingerprint density at radius 3 is 0.907 bits per heavy atom. The van der Waals surface area contributed by atoms with Gasteiger partial charge in [0.25, 0.3) is 0 Å². The molecule has 0 spiro atoms. The van der Waals surface area contributed by atoms with E-state index in [1.165, 1.54) is 83.5 Å². The molecule has 0 bridgehead atoms. The predicted octanol–water partition coefficient (Wildman–Crippen LogP) is 21.5. The zero-order valence-electron chi connectivity index (χ0n) is 60.5. The van der Waals surface area contributed by atoms with Crippen LogP contribution in [-0.2, 0) is 55.8 Å². The monoisotopic (exact) mass is 1400 g/mol. The van der Waals surface area contributed by atoms with Gasteiger partial charge < -0.3 is 34.2 Å². The fourth-order valence-electron chi connectivity index (χ4n) is 9.60. The molecule has 0 aliphatic carbocycles. The van der Waals surface area contributed by atoms with Crippen molar-refractivity contribution in [1.29, 1.82) is 0 Å². The van der Waals surface area contributed by atoms with Gasteiger partial charge in [0, 0.05) is 19.3 Å². The van der Waals surface area contributed by atoms with E-state index in [1.54, 1.807) is 0 Å². The van der Waals surface area contributed by atoms with Crippen LogP contribution in [0.5, 0.6) is 0 Å². The summed E-state index contributed by atoms with van der Waals surface area (Å²) in [6.07, 6.45) is 85.1. The van der Waals surface area contributed by atoms with Gasteiger partial charge in [-0.2, -0.15) is 0 Å². The van der Waals surface area contributed by atoms with Gasteiger partial charge in [-0.3, -0.25) is 32.5 Å². The first-order valence-corrected chi connectivity index (χ1v) is 40.5. The molecule has 0 saturated heterocycles. The van der Waals surface area contributed by atoms with Crippen LogP contribution in [0.25, 0.3) is 0 Å². The van der Waals surface area contributed by atoms with Crippen molar-refractivity contribution in [3.63, 3.8) is 0 Å². The Bertz CT molecular complexity index is 2300. The molecule has 0 aliphatic heterocycles. The fourth-order valence-corrected chi connectivity index (χ4v) is 11.2. The summed E-state index contributed by atoms with van der Waals surface area (Å²) < 4.78 is 60.9. The highest BCUT2D eigenvalue weighted by Gasteiger charge is 2.29. The first-order valence-electron chi connectivity index (χ1n) is 37.5. The first-order chi connectivity index (χ1) is 47.2. The third-order valence-electron chi connectivity index (χ3n) is 15.3. The van der Waals surface area contributed by atoms with E-state index in [-0.39, 0.29) is 19.3 Å². The number of phosphoric acid groups is 2. The number of rotatable bonds is 70. The minimum Gasteiger partial charge on any atom is -0.463 e. The lowest BCUT2D eigenvalue weighted by molar-refractivity contribution is -0.161. The van der Waals surface area contributed by atoms with Crippen LogP contribution >= 0.6 is 15.6 Å². The Balaban J connectivity index is 4.52. The highest BCUT2D eigenvalue weighted by atomic mass is 31.2. The van der Waals surface area contributed by atoms with Gasteiger partial charge in [-0.1, -0.05) is 270 Å². The molecule has 556 valence electrons. The van der Waals surface area contributed by atoms with Crippen molar-refractivity contribution in [2.24, 2.45) is 0 Å². The highest BCUT2D eigenvalue weighted by Crippen LogP contribution is 2.45. The van der Waals surface area contributed by atoms with Crippen LogP contribution < -0.4 is 0 Å². The Morgan fingerprint density at radius 1 is 0.299 bits per heavy atom. The van der Waals surface area contributed by atoms with Crippen LogP contribution in [0.15, 0.2) is 134 Å². The van der Waals surface area contributed by atoms with Crippen LogP contribution in [0.1, 0.15) is 290 Å². The molecule has 0 heterocycles. The maximum atomic E-state index is 12.9. The van der Waals surface area contributed by atoms with Gasteiger partial charge in [0.2, 0.25) is 0 Å². The molecule has 0 aromatic carbocycles. The van der Waals surface area contributed by atoms with Crippen molar-refractivity contribution in [3.05, 3.63) is 134 Å². The maximum Gasteiger partial charge on any atom is 0.472 e. The summed E-state index contributed by atoms with van der Waals surface area (Å²) in [7, 11) is -9.79. The molecule has 0 amide bonds. The topological polar surface area (TPSA) is 231 Å². The highest BCUT2D eigenvalue weighted by molar-refractivity contribution is 7.47. The lowest BCUT2D eigenvalue weighted by atomic mass is 10.0. The average molecular weight is 1400 g/mol. The molecule has 0 aromatic heterocycles. The van der Waals surface area contributed by atoms with E-state index in [1.807, 2.05) is 0 Å². The van der Waals surface area contributed by atoms with E-state index < -0.39 is 91.5 Å². The van der Waals surface area contributed by atoms with E-state index in [4.69, 9.17) is 32.3 Å². The number of hydrogen-bond acceptors (Lipinski definition) is 14. The van der Waals surface area contributed by atoms with Crippen molar-refractivity contribution >= 4 is 33.6 Å². The maximum absolute atomic E-state index is 12.9. The SMILES string of the molecule is CC/C=C\C/C=C\C/C=C\C/C=C\C/C=C\C/C=C\CCCCCCC(=O)OCC(COP(=O)(O)OCC(O)COP(=O)(O)OCC(O)COC(=O)CCCCCCCCCCCCC/C=C\C/C=C\C/C=C\C/C=C\CCCCC)OC(=O)CCCCCCC/C=C\CCCC. The third-order valence-corrected chi connectivity index (χ3v) is 17.2. The van der Waals surface area contributed by atoms with Crippen LogP contribution in [0.4, 0.5) is 0 Å². The number of esters is 3. The second-order valence-electron chi connectivity index (χ2n) is 24.7.